The summed E-state index contributed by atoms with van der Waals surface area (Å²) in [4.78, 5) is 13.1. The summed E-state index contributed by atoms with van der Waals surface area (Å²) in [6.45, 7) is 0.836. The number of rotatable bonds is 3. The molecular formula is C12H13NO2S. The van der Waals surface area contributed by atoms with Crippen molar-refractivity contribution in [2.75, 3.05) is 14.1 Å². The summed E-state index contributed by atoms with van der Waals surface area (Å²) in [7, 11) is 4.01. The lowest BCUT2D eigenvalue weighted by molar-refractivity contribution is 0.0699. The van der Waals surface area contributed by atoms with Gasteiger partial charge >= 0.3 is 5.97 Å². The monoisotopic (exact) mass is 235 g/mol. The molecule has 1 aromatic heterocycles. The van der Waals surface area contributed by atoms with Crippen molar-refractivity contribution in [2.24, 2.45) is 0 Å². The highest BCUT2D eigenvalue weighted by atomic mass is 32.1. The normalized spacial score (nSPS) is 11.2. The average molecular weight is 235 g/mol. The molecule has 0 radical (unpaired) electrons. The van der Waals surface area contributed by atoms with Gasteiger partial charge in [-0.1, -0.05) is 12.1 Å². The maximum atomic E-state index is 11.0. The Morgan fingerprint density at radius 2 is 2.19 bits per heavy atom. The fourth-order valence-electron chi connectivity index (χ4n) is 1.74. The third kappa shape index (κ3) is 1.94. The van der Waals surface area contributed by atoms with E-state index in [1.165, 1.54) is 16.9 Å². The number of carboxylic acid groups (broad SMARTS) is 1. The van der Waals surface area contributed by atoms with Gasteiger partial charge in [0.25, 0.3) is 0 Å². The van der Waals surface area contributed by atoms with Gasteiger partial charge in [0.1, 0.15) is 0 Å². The lowest BCUT2D eigenvalue weighted by atomic mass is 10.1. The van der Waals surface area contributed by atoms with Crippen LogP contribution in [0.25, 0.3) is 10.1 Å². The van der Waals surface area contributed by atoms with Crippen LogP contribution in [0.5, 0.6) is 0 Å². The van der Waals surface area contributed by atoms with Crippen LogP contribution in [0.3, 0.4) is 0 Å². The zero-order chi connectivity index (χ0) is 11.7. The molecule has 0 fully saturated rings. The molecule has 0 amide bonds. The molecule has 0 spiro atoms. The predicted molar refractivity (Wildman–Crippen MR) is 66.2 cm³/mol. The summed E-state index contributed by atoms with van der Waals surface area (Å²) in [6.07, 6.45) is 0. The predicted octanol–water partition coefficient (Wildman–Crippen LogP) is 2.66. The van der Waals surface area contributed by atoms with Crippen molar-refractivity contribution in [3.05, 3.63) is 34.7 Å². The smallest absolute Gasteiger partial charge is 0.337 e. The van der Waals surface area contributed by atoms with Crippen LogP contribution < -0.4 is 0 Å². The summed E-state index contributed by atoms with van der Waals surface area (Å²) >= 11 is 1.50. The first-order chi connectivity index (χ1) is 7.59. The standard InChI is InChI=1S/C12H13NO2S/c1-13(2)6-8-7-16-11-9(8)4-3-5-10(11)12(14)15/h3-5,7H,6H2,1-2H3,(H,14,15). The quantitative estimate of drug-likeness (QED) is 0.889. The molecule has 84 valence electrons. The van der Waals surface area contributed by atoms with Crippen molar-refractivity contribution in [1.82, 2.24) is 4.90 Å². The van der Waals surface area contributed by atoms with E-state index in [0.717, 1.165) is 16.6 Å². The fourth-order valence-corrected chi connectivity index (χ4v) is 2.81. The van der Waals surface area contributed by atoms with Crippen molar-refractivity contribution in [3.8, 4) is 0 Å². The highest BCUT2D eigenvalue weighted by molar-refractivity contribution is 7.17. The van der Waals surface area contributed by atoms with Gasteiger partial charge < -0.3 is 10.0 Å². The van der Waals surface area contributed by atoms with Crippen LogP contribution in [0.15, 0.2) is 23.6 Å². The van der Waals surface area contributed by atoms with E-state index in [9.17, 15) is 4.79 Å². The fraction of sp³-hybridized carbons (Fsp3) is 0.250. The van der Waals surface area contributed by atoms with E-state index in [4.69, 9.17) is 5.11 Å². The van der Waals surface area contributed by atoms with E-state index in [0.29, 0.717) is 5.56 Å². The van der Waals surface area contributed by atoms with Gasteiger partial charge in [-0.15, -0.1) is 11.3 Å². The third-order valence-electron chi connectivity index (χ3n) is 2.40. The van der Waals surface area contributed by atoms with Crippen LogP contribution in [0.1, 0.15) is 15.9 Å². The lowest BCUT2D eigenvalue weighted by Crippen LogP contribution is -2.10. The molecule has 0 saturated carbocycles. The Hall–Kier alpha value is -1.39. The number of hydrogen-bond acceptors (Lipinski definition) is 3. The summed E-state index contributed by atoms with van der Waals surface area (Å²) in [5.74, 6) is -0.858. The van der Waals surface area contributed by atoms with E-state index in [1.54, 1.807) is 12.1 Å². The van der Waals surface area contributed by atoms with Gasteiger partial charge in [0.15, 0.2) is 0 Å². The number of benzene rings is 1. The number of fused-ring (bicyclic) bond motifs is 1. The number of aromatic carboxylic acids is 1. The Morgan fingerprint density at radius 3 is 2.81 bits per heavy atom. The van der Waals surface area contributed by atoms with E-state index in [1.807, 2.05) is 25.5 Å². The molecule has 0 bridgehead atoms. The molecule has 1 N–H and O–H groups in total. The highest BCUT2D eigenvalue weighted by Gasteiger charge is 2.12. The molecule has 3 nitrogen and oxygen atoms in total. The highest BCUT2D eigenvalue weighted by Crippen LogP contribution is 2.29. The molecule has 0 aliphatic rings. The molecular weight excluding hydrogens is 222 g/mol. The first-order valence-corrected chi connectivity index (χ1v) is 5.84. The zero-order valence-corrected chi connectivity index (χ0v) is 10.0. The summed E-state index contributed by atoms with van der Waals surface area (Å²) in [6, 6.07) is 5.44. The molecule has 0 atom stereocenters. The number of carboxylic acids is 1. The molecule has 1 aromatic carbocycles. The second kappa shape index (κ2) is 4.23. The largest absolute Gasteiger partial charge is 0.478 e. The minimum atomic E-state index is -0.858. The molecule has 0 aliphatic carbocycles. The van der Waals surface area contributed by atoms with Crippen molar-refractivity contribution in [1.29, 1.82) is 0 Å². The summed E-state index contributed by atoms with van der Waals surface area (Å²) < 4.78 is 0.867. The van der Waals surface area contributed by atoms with Crippen LogP contribution in [0.4, 0.5) is 0 Å². The summed E-state index contributed by atoms with van der Waals surface area (Å²) in [5, 5.41) is 12.2. The van der Waals surface area contributed by atoms with Crippen molar-refractivity contribution in [3.63, 3.8) is 0 Å². The number of thiophene rings is 1. The molecule has 0 aliphatic heterocycles. The van der Waals surface area contributed by atoms with E-state index in [-0.39, 0.29) is 0 Å². The Labute approximate surface area is 97.9 Å². The van der Waals surface area contributed by atoms with E-state index in [2.05, 4.69) is 4.90 Å². The van der Waals surface area contributed by atoms with E-state index >= 15 is 0 Å². The molecule has 0 unspecified atom stereocenters. The zero-order valence-electron chi connectivity index (χ0n) is 9.23. The number of carbonyl (C=O) groups is 1. The number of nitrogens with zero attached hydrogens (tertiary/aromatic N) is 1. The van der Waals surface area contributed by atoms with Gasteiger partial charge in [0.05, 0.1) is 5.56 Å². The number of hydrogen-bond donors (Lipinski definition) is 1. The van der Waals surface area contributed by atoms with Gasteiger partial charge in [-0.2, -0.15) is 0 Å². The minimum absolute atomic E-state index is 0.396. The van der Waals surface area contributed by atoms with Crippen LogP contribution in [0.2, 0.25) is 0 Å². The molecule has 1 heterocycles. The van der Waals surface area contributed by atoms with Gasteiger partial charge in [-0.25, -0.2) is 4.79 Å². The Kier molecular flexibility index (Phi) is 2.94. The van der Waals surface area contributed by atoms with Crippen molar-refractivity contribution in [2.45, 2.75) is 6.54 Å². The third-order valence-corrected chi connectivity index (χ3v) is 3.47. The van der Waals surface area contributed by atoms with Crippen LogP contribution in [-0.2, 0) is 6.54 Å². The molecule has 2 rings (SSSR count). The van der Waals surface area contributed by atoms with Gasteiger partial charge in [0.2, 0.25) is 0 Å². The molecule has 0 saturated heterocycles. The van der Waals surface area contributed by atoms with Crippen LogP contribution in [-0.4, -0.2) is 30.1 Å². The Morgan fingerprint density at radius 1 is 1.44 bits per heavy atom. The maximum absolute atomic E-state index is 11.0. The second-order valence-corrected chi connectivity index (χ2v) is 4.87. The molecule has 4 heteroatoms. The lowest BCUT2D eigenvalue weighted by Gasteiger charge is -2.08. The second-order valence-electron chi connectivity index (χ2n) is 3.99. The first kappa shape index (κ1) is 11.1. The van der Waals surface area contributed by atoms with Crippen LogP contribution in [0, 0.1) is 0 Å². The van der Waals surface area contributed by atoms with Crippen molar-refractivity contribution < 1.29 is 9.90 Å². The SMILES string of the molecule is CN(C)Cc1csc2c(C(=O)O)cccc12. The summed E-state index contributed by atoms with van der Waals surface area (Å²) in [5.41, 5.74) is 1.58. The molecule has 16 heavy (non-hydrogen) atoms. The van der Waals surface area contributed by atoms with E-state index < -0.39 is 5.97 Å². The Bertz CT molecular complexity index is 531. The average Bonchev–Trinajstić information content (AvgIpc) is 2.60. The van der Waals surface area contributed by atoms with Gasteiger partial charge in [-0.3, -0.25) is 0 Å². The first-order valence-electron chi connectivity index (χ1n) is 4.96. The van der Waals surface area contributed by atoms with Crippen molar-refractivity contribution >= 4 is 27.4 Å². The Balaban J connectivity index is 2.57. The maximum Gasteiger partial charge on any atom is 0.337 e. The topological polar surface area (TPSA) is 40.5 Å². The van der Waals surface area contributed by atoms with Gasteiger partial charge in [-0.05, 0) is 36.5 Å². The van der Waals surface area contributed by atoms with Crippen LogP contribution >= 0.6 is 11.3 Å². The minimum Gasteiger partial charge on any atom is -0.478 e. The molecule has 2 aromatic rings. The van der Waals surface area contributed by atoms with Gasteiger partial charge in [0, 0.05) is 11.2 Å².